The topological polar surface area (TPSA) is 12.0 Å². The lowest BCUT2D eigenvalue weighted by atomic mass is 9.68. The van der Waals surface area contributed by atoms with Crippen LogP contribution >= 0.6 is 0 Å². The molecule has 1 nitrogen and oxygen atoms in total. The lowest BCUT2D eigenvalue weighted by Gasteiger charge is -2.05. The average molecular weight is 133 g/mol. The van der Waals surface area contributed by atoms with Crippen LogP contribution in [0.2, 0.25) is 13.6 Å². The Morgan fingerprint density at radius 3 is 2.20 bits per heavy atom. The Labute approximate surface area is 62.6 Å². The third-order valence-corrected chi connectivity index (χ3v) is 1.23. The smallest absolute Gasteiger partial charge is 0.245 e. The fourth-order valence-corrected chi connectivity index (χ4v) is 0.868. The van der Waals surface area contributed by atoms with Crippen LogP contribution in [0.15, 0.2) is 30.3 Å². The molecule has 2 heteroatoms. The second-order valence-electron chi connectivity index (χ2n) is 2.67. The Morgan fingerprint density at radius 1 is 1.10 bits per heavy atom. The Balaban J connectivity index is 2.59. The number of nitrogens with one attached hydrogen (secondary N) is 1. The van der Waals surface area contributed by atoms with Crippen molar-refractivity contribution in [2.24, 2.45) is 0 Å². The minimum absolute atomic E-state index is 0.516. The standard InChI is InChI=1S/C8H12BN/c1-9(2)10-8-6-4-3-5-7-8/h3-7,10H,1-2H3. The fourth-order valence-electron chi connectivity index (χ4n) is 0.868. The lowest BCUT2D eigenvalue weighted by Crippen LogP contribution is -2.14. The SMILES string of the molecule is CB(C)Nc1ccccc1. The molecule has 1 rings (SSSR count). The van der Waals surface area contributed by atoms with Crippen LogP contribution in [0.1, 0.15) is 0 Å². The predicted octanol–water partition coefficient (Wildman–Crippen LogP) is 2.35. The van der Waals surface area contributed by atoms with Crippen molar-refractivity contribution in [1.82, 2.24) is 0 Å². The van der Waals surface area contributed by atoms with Gasteiger partial charge in [-0.1, -0.05) is 31.8 Å². The van der Waals surface area contributed by atoms with E-state index in [0.29, 0.717) is 6.85 Å². The Bertz CT molecular complexity index is 184. The second-order valence-corrected chi connectivity index (χ2v) is 2.67. The predicted molar refractivity (Wildman–Crippen MR) is 47.5 cm³/mol. The first-order chi connectivity index (χ1) is 4.79. The highest BCUT2D eigenvalue weighted by molar-refractivity contribution is 6.59. The van der Waals surface area contributed by atoms with Crippen LogP contribution in [0, 0.1) is 0 Å². The van der Waals surface area contributed by atoms with Crippen molar-refractivity contribution in [3.8, 4) is 0 Å². The summed E-state index contributed by atoms with van der Waals surface area (Å²) in [4.78, 5) is 0. The summed E-state index contributed by atoms with van der Waals surface area (Å²) in [6, 6.07) is 10.2. The van der Waals surface area contributed by atoms with E-state index in [0.717, 1.165) is 0 Å². The fraction of sp³-hybridized carbons (Fsp3) is 0.250. The molecule has 0 aliphatic heterocycles. The van der Waals surface area contributed by atoms with Gasteiger partial charge in [-0.2, -0.15) is 0 Å². The van der Waals surface area contributed by atoms with Crippen LogP contribution < -0.4 is 5.23 Å². The molecular formula is C8H12BN. The molecule has 0 fully saturated rings. The monoisotopic (exact) mass is 133 g/mol. The first kappa shape index (κ1) is 7.20. The van der Waals surface area contributed by atoms with Gasteiger partial charge in [0.15, 0.2) is 0 Å². The van der Waals surface area contributed by atoms with Crippen molar-refractivity contribution >= 4 is 12.5 Å². The maximum atomic E-state index is 3.30. The van der Waals surface area contributed by atoms with E-state index >= 15 is 0 Å². The molecule has 0 saturated carbocycles. The van der Waals surface area contributed by atoms with Gasteiger partial charge in [0, 0.05) is 5.69 Å². The lowest BCUT2D eigenvalue weighted by molar-refractivity contribution is 1.64. The number of hydrogen-bond donors (Lipinski definition) is 1. The molecule has 0 spiro atoms. The third kappa shape index (κ3) is 2.13. The number of anilines is 1. The largest absolute Gasteiger partial charge is 0.428 e. The molecule has 1 aromatic rings. The summed E-state index contributed by atoms with van der Waals surface area (Å²) in [6.07, 6.45) is 0. The minimum atomic E-state index is 0.516. The first-order valence-electron chi connectivity index (χ1n) is 3.60. The van der Waals surface area contributed by atoms with E-state index in [1.807, 2.05) is 18.2 Å². The van der Waals surface area contributed by atoms with Gasteiger partial charge >= 0.3 is 0 Å². The third-order valence-electron chi connectivity index (χ3n) is 1.23. The number of benzene rings is 1. The average Bonchev–Trinajstić information content (AvgIpc) is 1.88. The molecule has 0 unspecified atom stereocenters. The zero-order valence-corrected chi connectivity index (χ0v) is 6.46. The zero-order chi connectivity index (χ0) is 7.40. The van der Waals surface area contributed by atoms with E-state index in [4.69, 9.17) is 0 Å². The summed E-state index contributed by atoms with van der Waals surface area (Å²) in [5, 5.41) is 3.30. The van der Waals surface area contributed by atoms with Gasteiger partial charge in [-0.25, -0.2) is 0 Å². The molecule has 0 saturated heterocycles. The number of rotatable bonds is 2. The van der Waals surface area contributed by atoms with Crippen LogP contribution in [0.3, 0.4) is 0 Å². The van der Waals surface area contributed by atoms with Gasteiger partial charge in [-0.15, -0.1) is 0 Å². The highest BCUT2D eigenvalue weighted by Gasteiger charge is 1.95. The summed E-state index contributed by atoms with van der Waals surface area (Å²) in [5.41, 5.74) is 1.19. The van der Waals surface area contributed by atoms with Crippen molar-refractivity contribution in [2.75, 3.05) is 5.23 Å². The summed E-state index contributed by atoms with van der Waals surface area (Å²) in [5.74, 6) is 0. The molecule has 0 aliphatic rings. The zero-order valence-electron chi connectivity index (χ0n) is 6.46. The van der Waals surface area contributed by atoms with E-state index in [2.05, 4.69) is 31.0 Å². The minimum Gasteiger partial charge on any atom is -0.428 e. The first-order valence-corrected chi connectivity index (χ1v) is 3.60. The van der Waals surface area contributed by atoms with Crippen LogP contribution in [-0.2, 0) is 0 Å². The molecule has 0 aliphatic carbocycles. The molecule has 10 heavy (non-hydrogen) atoms. The maximum Gasteiger partial charge on any atom is 0.245 e. The summed E-state index contributed by atoms with van der Waals surface area (Å²) < 4.78 is 0. The summed E-state index contributed by atoms with van der Waals surface area (Å²) in [6.45, 7) is 4.78. The molecule has 52 valence electrons. The van der Waals surface area contributed by atoms with E-state index in [1.54, 1.807) is 0 Å². The van der Waals surface area contributed by atoms with Crippen LogP contribution in [0.25, 0.3) is 0 Å². The highest BCUT2D eigenvalue weighted by atomic mass is 14.8. The van der Waals surface area contributed by atoms with Crippen LogP contribution in [-0.4, -0.2) is 6.85 Å². The van der Waals surface area contributed by atoms with Gasteiger partial charge in [0.05, 0.1) is 0 Å². The summed E-state index contributed by atoms with van der Waals surface area (Å²) in [7, 11) is 0. The van der Waals surface area contributed by atoms with E-state index in [1.165, 1.54) is 5.69 Å². The van der Waals surface area contributed by atoms with E-state index in [-0.39, 0.29) is 0 Å². The van der Waals surface area contributed by atoms with Crippen molar-refractivity contribution in [1.29, 1.82) is 0 Å². The normalized spacial score (nSPS) is 9.00. The van der Waals surface area contributed by atoms with Crippen LogP contribution in [0.4, 0.5) is 5.69 Å². The number of hydrogen-bond acceptors (Lipinski definition) is 1. The number of para-hydroxylation sites is 1. The molecule has 0 bridgehead atoms. The molecule has 0 atom stereocenters. The van der Waals surface area contributed by atoms with Gasteiger partial charge in [0.1, 0.15) is 0 Å². The summed E-state index contributed by atoms with van der Waals surface area (Å²) >= 11 is 0. The van der Waals surface area contributed by atoms with Gasteiger partial charge in [0.2, 0.25) is 6.85 Å². The molecule has 0 heterocycles. The molecule has 0 aromatic heterocycles. The quantitative estimate of drug-likeness (QED) is 0.610. The van der Waals surface area contributed by atoms with E-state index < -0.39 is 0 Å². The van der Waals surface area contributed by atoms with Gasteiger partial charge < -0.3 is 5.23 Å². The van der Waals surface area contributed by atoms with Crippen molar-refractivity contribution in [3.05, 3.63) is 30.3 Å². The molecule has 0 amide bonds. The maximum absolute atomic E-state index is 3.30. The van der Waals surface area contributed by atoms with Gasteiger partial charge in [0.25, 0.3) is 0 Å². The van der Waals surface area contributed by atoms with Gasteiger partial charge in [-0.05, 0) is 12.1 Å². The molecular weight excluding hydrogens is 121 g/mol. The van der Waals surface area contributed by atoms with E-state index in [9.17, 15) is 0 Å². The second kappa shape index (κ2) is 3.30. The Hall–Kier alpha value is -0.915. The van der Waals surface area contributed by atoms with Gasteiger partial charge in [-0.3, -0.25) is 0 Å². The molecule has 1 N–H and O–H groups in total. The molecule has 1 aromatic carbocycles. The Morgan fingerprint density at radius 2 is 1.70 bits per heavy atom. The highest BCUT2D eigenvalue weighted by Crippen LogP contribution is 2.04. The van der Waals surface area contributed by atoms with Crippen LogP contribution in [0.5, 0.6) is 0 Å². The van der Waals surface area contributed by atoms with Crippen molar-refractivity contribution in [2.45, 2.75) is 13.6 Å². The Kier molecular flexibility index (Phi) is 2.38. The van der Waals surface area contributed by atoms with Crippen molar-refractivity contribution in [3.63, 3.8) is 0 Å². The molecule has 0 radical (unpaired) electrons. The van der Waals surface area contributed by atoms with Crippen molar-refractivity contribution < 1.29 is 0 Å².